The number of methoxy groups -OCH3 is 1. The summed E-state index contributed by atoms with van der Waals surface area (Å²) in [4.78, 5) is 0. The average molecular weight is 176 g/mol. The van der Waals surface area contributed by atoms with E-state index in [1.165, 1.54) is 5.57 Å². The first-order valence-corrected chi connectivity index (χ1v) is 4.94. The van der Waals surface area contributed by atoms with Crippen LogP contribution in [0, 0.1) is 0 Å². The van der Waals surface area contributed by atoms with Crippen molar-refractivity contribution in [3.8, 4) is 0 Å². The van der Waals surface area contributed by atoms with Crippen molar-refractivity contribution in [2.75, 3.05) is 7.11 Å². The standard InChI is InChI=1S/C11H17BO/c1-4-9-7-10(12-2)5-6-11(8-9)13-3/h5-8,10,12H,4H2,1-3H3. The minimum atomic E-state index is 0.568. The average Bonchev–Trinajstić information content (AvgIpc) is 2.39. The van der Waals surface area contributed by atoms with Gasteiger partial charge in [-0.1, -0.05) is 25.9 Å². The molecule has 2 heteroatoms. The van der Waals surface area contributed by atoms with Gasteiger partial charge in [-0.3, -0.25) is 0 Å². The minimum Gasteiger partial charge on any atom is -0.497 e. The van der Waals surface area contributed by atoms with Gasteiger partial charge in [0.2, 0.25) is 0 Å². The highest BCUT2D eigenvalue weighted by molar-refractivity contribution is 6.37. The van der Waals surface area contributed by atoms with Crippen molar-refractivity contribution >= 4 is 7.28 Å². The first-order valence-electron chi connectivity index (χ1n) is 4.94. The summed E-state index contributed by atoms with van der Waals surface area (Å²) in [7, 11) is 2.88. The van der Waals surface area contributed by atoms with E-state index in [1.807, 2.05) is 0 Å². The maximum absolute atomic E-state index is 5.23. The zero-order valence-corrected chi connectivity index (χ0v) is 8.71. The summed E-state index contributed by atoms with van der Waals surface area (Å²) in [5.74, 6) is 1.53. The molecule has 0 aromatic heterocycles. The minimum absolute atomic E-state index is 0.568. The summed E-state index contributed by atoms with van der Waals surface area (Å²) in [5.41, 5.74) is 1.37. The molecule has 1 atom stereocenters. The molecule has 0 heterocycles. The van der Waals surface area contributed by atoms with E-state index in [9.17, 15) is 0 Å². The molecule has 0 saturated carbocycles. The molecule has 1 aliphatic rings. The first kappa shape index (κ1) is 10.2. The van der Waals surface area contributed by atoms with Crippen LogP contribution in [0.4, 0.5) is 0 Å². The Bertz CT molecular complexity index is 251. The van der Waals surface area contributed by atoms with Crippen LogP contribution in [0.25, 0.3) is 0 Å². The Balaban J connectivity index is 2.86. The molecule has 0 aromatic carbocycles. The highest BCUT2D eigenvalue weighted by atomic mass is 16.5. The number of rotatable bonds is 3. The Morgan fingerprint density at radius 1 is 1.54 bits per heavy atom. The van der Waals surface area contributed by atoms with Gasteiger partial charge in [0.1, 0.15) is 13.0 Å². The van der Waals surface area contributed by atoms with Crippen LogP contribution in [-0.2, 0) is 4.74 Å². The molecular weight excluding hydrogens is 159 g/mol. The Morgan fingerprint density at radius 3 is 2.85 bits per heavy atom. The number of allylic oxidation sites excluding steroid dienone is 5. The zero-order valence-electron chi connectivity index (χ0n) is 8.71. The highest BCUT2D eigenvalue weighted by Crippen LogP contribution is 2.20. The molecule has 1 rings (SSSR count). The van der Waals surface area contributed by atoms with Crippen molar-refractivity contribution in [1.82, 2.24) is 0 Å². The van der Waals surface area contributed by atoms with Gasteiger partial charge in [-0.25, -0.2) is 0 Å². The van der Waals surface area contributed by atoms with Crippen LogP contribution in [0.3, 0.4) is 0 Å². The summed E-state index contributed by atoms with van der Waals surface area (Å²) in [6.45, 7) is 4.38. The Morgan fingerprint density at radius 2 is 2.31 bits per heavy atom. The second kappa shape index (κ2) is 4.95. The van der Waals surface area contributed by atoms with E-state index in [-0.39, 0.29) is 0 Å². The van der Waals surface area contributed by atoms with Crippen LogP contribution >= 0.6 is 0 Å². The summed E-state index contributed by atoms with van der Waals surface area (Å²) >= 11 is 0. The van der Waals surface area contributed by atoms with Crippen molar-refractivity contribution in [2.24, 2.45) is 0 Å². The third kappa shape index (κ3) is 2.80. The summed E-state index contributed by atoms with van der Waals surface area (Å²) in [6.07, 6.45) is 9.78. The topological polar surface area (TPSA) is 9.23 Å². The predicted molar refractivity (Wildman–Crippen MR) is 59.4 cm³/mol. The second-order valence-corrected chi connectivity index (χ2v) is 3.28. The molecule has 0 aromatic rings. The predicted octanol–water partition coefficient (Wildman–Crippen LogP) is 2.70. The molecule has 0 amide bonds. The molecule has 0 bridgehead atoms. The normalized spacial score (nSPS) is 21.6. The van der Waals surface area contributed by atoms with E-state index in [4.69, 9.17) is 4.74 Å². The van der Waals surface area contributed by atoms with Crippen LogP contribution in [0.2, 0.25) is 12.6 Å². The van der Waals surface area contributed by atoms with Crippen LogP contribution in [0.1, 0.15) is 13.3 Å². The molecule has 1 aliphatic carbocycles. The van der Waals surface area contributed by atoms with Gasteiger partial charge in [-0.15, -0.1) is 0 Å². The smallest absolute Gasteiger partial charge is 0.130 e. The Labute approximate surface area is 81.4 Å². The summed E-state index contributed by atoms with van der Waals surface area (Å²) in [5, 5.41) is 0. The van der Waals surface area contributed by atoms with Crippen molar-refractivity contribution in [1.29, 1.82) is 0 Å². The summed E-state index contributed by atoms with van der Waals surface area (Å²) in [6, 6.07) is 0. The van der Waals surface area contributed by atoms with Crippen LogP contribution in [0.5, 0.6) is 0 Å². The lowest BCUT2D eigenvalue weighted by Gasteiger charge is -2.02. The number of hydrogen-bond donors (Lipinski definition) is 0. The molecule has 1 nitrogen and oxygen atoms in total. The largest absolute Gasteiger partial charge is 0.497 e. The zero-order chi connectivity index (χ0) is 9.68. The third-order valence-corrected chi connectivity index (χ3v) is 2.38. The SMILES string of the molecule is CBC1C=CC(OC)=CC(CC)=C1. The maximum atomic E-state index is 5.23. The van der Waals surface area contributed by atoms with Crippen molar-refractivity contribution in [3.05, 3.63) is 35.6 Å². The van der Waals surface area contributed by atoms with E-state index in [2.05, 4.69) is 38.1 Å². The number of hydrogen-bond acceptors (Lipinski definition) is 1. The molecule has 0 saturated heterocycles. The van der Waals surface area contributed by atoms with Crippen LogP contribution in [0.15, 0.2) is 35.6 Å². The molecule has 0 radical (unpaired) electrons. The van der Waals surface area contributed by atoms with Crippen molar-refractivity contribution in [3.63, 3.8) is 0 Å². The molecule has 0 N–H and O–H groups in total. The second-order valence-electron chi connectivity index (χ2n) is 3.28. The maximum Gasteiger partial charge on any atom is 0.130 e. The van der Waals surface area contributed by atoms with Crippen molar-refractivity contribution in [2.45, 2.75) is 26.0 Å². The lowest BCUT2D eigenvalue weighted by Crippen LogP contribution is -1.92. The molecule has 70 valence electrons. The van der Waals surface area contributed by atoms with Gasteiger partial charge in [-0.05, 0) is 30.0 Å². The fraction of sp³-hybridized carbons (Fsp3) is 0.455. The van der Waals surface area contributed by atoms with E-state index in [1.54, 1.807) is 7.11 Å². The van der Waals surface area contributed by atoms with E-state index >= 15 is 0 Å². The molecule has 0 aliphatic heterocycles. The molecule has 0 fully saturated rings. The van der Waals surface area contributed by atoms with Gasteiger partial charge in [0, 0.05) is 0 Å². The molecule has 0 spiro atoms. The number of ether oxygens (including phenoxy) is 1. The van der Waals surface area contributed by atoms with Gasteiger partial charge < -0.3 is 4.74 Å². The van der Waals surface area contributed by atoms with E-state index < -0.39 is 0 Å². The molecule has 13 heavy (non-hydrogen) atoms. The van der Waals surface area contributed by atoms with Gasteiger partial charge >= 0.3 is 0 Å². The lowest BCUT2D eigenvalue weighted by molar-refractivity contribution is 0.306. The highest BCUT2D eigenvalue weighted by Gasteiger charge is 2.05. The molecular formula is C11H17BO. The van der Waals surface area contributed by atoms with Crippen LogP contribution in [-0.4, -0.2) is 14.4 Å². The summed E-state index contributed by atoms with van der Waals surface area (Å²) < 4.78 is 5.23. The Kier molecular flexibility index (Phi) is 3.87. The third-order valence-electron chi connectivity index (χ3n) is 2.38. The van der Waals surface area contributed by atoms with Gasteiger partial charge in [-0.2, -0.15) is 0 Å². The van der Waals surface area contributed by atoms with Crippen molar-refractivity contribution < 1.29 is 4.74 Å². The van der Waals surface area contributed by atoms with Gasteiger partial charge in [0.05, 0.1) is 7.11 Å². The van der Waals surface area contributed by atoms with Crippen LogP contribution < -0.4 is 0 Å². The quantitative estimate of drug-likeness (QED) is 0.600. The van der Waals surface area contributed by atoms with Gasteiger partial charge in [0.15, 0.2) is 0 Å². The van der Waals surface area contributed by atoms with Gasteiger partial charge in [0.25, 0.3) is 0 Å². The monoisotopic (exact) mass is 176 g/mol. The molecule has 1 unspecified atom stereocenters. The fourth-order valence-electron chi connectivity index (χ4n) is 1.43. The lowest BCUT2D eigenvalue weighted by atomic mass is 9.66. The van der Waals surface area contributed by atoms with E-state index in [0.29, 0.717) is 5.82 Å². The fourth-order valence-corrected chi connectivity index (χ4v) is 1.43. The first-order chi connectivity index (χ1) is 6.30. The Hall–Kier alpha value is -0.915. The van der Waals surface area contributed by atoms with E-state index in [0.717, 1.165) is 19.5 Å².